The Bertz CT molecular complexity index is 1550. The fraction of sp³-hybridized carbons (Fsp3) is 0.200. The molecule has 1 aliphatic carbocycles. The summed E-state index contributed by atoms with van der Waals surface area (Å²) in [5, 5.41) is 0. The predicted octanol–water partition coefficient (Wildman–Crippen LogP) is 7.67. The van der Waals surface area contributed by atoms with Crippen LogP contribution in [0.2, 0.25) is 39.3 Å². The molecule has 4 aromatic rings. The lowest BCUT2D eigenvalue weighted by Crippen LogP contribution is -2.29. The van der Waals surface area contributed by atoms with E-state index in [1.54, 1.807) is 0 Å². The molecule has 4 heteroatoms. The van der Waals surface area contributed by atoms with Gasteiger partial charge < -0.3 is 11.5 Å². The Morgan fingerprint density at radius 1 is 0.513 bits per heavy atom. The van der Waals surface area contributed by atoms with E-state index in [0.717, 1.165) is 33.6 Å². The monoisotopic (exact) mass is 540 g/mol. The molecule has 0 fully saturated rings. The molecule has 194 valence electrons. The molecule has 0 radical (unpaired) electrons. The van der Waals surface area contributed by atoms with E-state index in [1.165, 1.54) is 22.3 Å². The van der Waals surface area contributed by atoms with Crippen LogP contribution in [0.3, 0.4) is 0 Å². The first-order chi connectivity index (χ1) is 18.4. The van der Waals surface area contributed by atoms with E-state index in [1.807, 2.05) is 24.3 Å². The number of hydrogen-bond acceptors (Lipinski definition) is 2. The molecular weight excluding hydrogens is 505 g/mol. The maximum Gasteiger partial charge on any atom is 0.129 e. The van der Waals surface area contributed by atoms with Gasteiger partial charge in [0.2, 0.25) is 0 Å². The summed E-state index contributed by atoms with van der Waals surface area (Å²) >= 11 is 0. The van der Waals surface area contributed by atoms with Gasteiger partial charge in [-0.2, -0.15) is 0 Å². The van der Waals surface area contributed by atoms with Crippen molar-refractivity contribution in [3.8, 4) is 34.1 Å². The predicted molar refractivity (Wildman–Crippen MR) is 173 cm³/mol. The zero-order valence-electron chi connectivity index (χ0n) is 23.7. The van der Waals surface area contributed by atoms with Crippen LogP contribution >= 0.6 is 0 Å². The molecular formula is C35H36N2Si2. The third kappa shape index (κ3) is 5.19. The van der Waals surface area contributed by atoms with E-state index in [2.05, 4.69) is 123 Å². The highest BCUT2D eigenvalue weighted by molar-refractivity contribution is 6.84. The minimum absolute atomic E-state index is 0.556. The molecule has 0 amide bonds. The molecule has 0 aliphatic heterocycles. The topological polar surface area (TPSA) is 52.0 Å². The van der Waals surface area contributed by atoms with Crippen molar-refractivity contribution < 1.29 is 0 Å². The molecule has 1 aliphatic rings. The van der Waals surface area contributed by atoms with Crippen LogP contribution in [0.15, 0.2) is 84.9 Å². The van der Waals surface area contributed by atoms with Gasteiger partial charge in [0, 0.05) is 22.5 Å². The fourth-order valence-corrected chi connectivity index (χ4v) is 6.29. The average Bonchev–Trinajstić information content (AvgIpc) is 3.16. The zero-order valence-corrected chi connectivity index (χ0v) is 25.7. The number of anilines is 2. The lowest BCUT2D eigenvalue weighted by atomic mass is 9.67. The summed E-state index contributed by atoms with van der Waals surface area (Å²) < 4.78 is 0. The van der Waals surface area contributed by atoms with Crippen LogP contribution in [0.5, 0.6) is 0 Å². The van der Waals surface area contributed by atoms with Crippen molar-refractivity contribution >= 4 is 27.5 Å². The van der Waals surface area contributed by atoms with E-state index >= 15 is 0 Å². The maximum absolute atomic E-state index is 6.18. The number of nitrogen functional groups attached to an aromatic ring is 2. The Morgan fingerprint density at radius 2 is 0.872 bits per heavy atom. The maximum atomic E-state index is 6.18. The van der Waals surface area contributed by atoms with Crippen molar-refractivity contribution in [1.29, 1.82) is 0 Å². The molecule has 0 heterocycles. The number of hydrogen-bond donors (Lipinski definition) is 2. The molecule has 39 heavy (non-hydrogen) atoms. The molecule has 0 spiro atoms. The second-order valence-electron chi connectivity index (χ2n) is 12.5. The van der Waals surface area contributed by atoms with Crippen molar-refractivity contribution in [3.05, 3.63) is 118 Å². The highest BCUT2D eigenvalue weighted by Gasteiger charge is 2.46. The highest BCUT2D eigenvalue weighted by atomic mass is 28.3. The molecule has 2 nitrogen and oxygen atoms in total. The molecule has 0 unspecified atom stereocenters. The van der Waals surface area contributed by atoms with Gasteiger partial charge in [-0.25, -0.2) is 0 Å². The largest absolute Gasteiger partial charge is 0.399 e. The van der Waals surface area contributed by atoms with Crippen LogP contribution < -0.4 is 11.5 Å². The first kappa shape index (κ1) is 26.6. The Morgan fingerprint density at radius 3 is 1.21 bits per heavy atom. The summed E-state index contributed by atoms with van der Waals surface area (Å²) in [6, 6.07) is 30.0. The van der Waals surface area contributed by atoms with Gasteiger partial charge in [-0.15, -0.1) is 11.1 Å². The number of fused-ring (bicyclic) bond motifs is 3. The fourth-order valence-electron chi connectivity index (χ4n) is 5.25. The van der Waals surface area contributed by atoms with Crippen molar-refractivity contribution in [2.45, 2.75) is 44.7 Å². The second kappa shape index (κ2) is 9.65. The third-order valence-electron chi connectivity index (χ3n) is 6.99. The standard InChI is InChI=1S/C35H36N2Si2/c1-38(2,3)21-19-25-7-17-31-32-18-8-26(20-22-39(4,5)6)24-34(32)35(33(31)23-25,27-9-13-29(36)14-10-27)28-11-15-30(37)16-12-28/h7-18,23-24H,36-37H2,1-6H3. The summed E-state index contributed by atoms with van der Waals surface area (Å²) in [4.78, 5) is 0. The SMILES string of the molecule is C[Si](C)(C)C#Cc1ccc2c(c1)C(c1ccc(N)cc1)(c1ccc(N)cc1)c1cc(C#C[Si](C)(C)C)ccc1-2. The van der Waals surface area contributed by atoms with Crippen molar-refractivity contribution in [2.24, 2.45) is 0 Å². The summed E-state index contributed by atoms with van der Waals surface area (Å²) in [6.07, 6.45) is 0. The molecule has 4 N–H and O–H groups in total. The van der Waals surface area contributed by atoms with Crippen LogP contribution in [0.25, 0.3) is 11.1 Å². The van der Waals surface area contributed by atoms with Crippen molar-refractivity contribution in [1.82, 2.24) is 0 Å². The molecule has 5 rings (SSSR count). The Hall–Kier alpha value is -3.97. The minimum Gasteiger partial charge on any atom is -0.399 e. The van der Waals surface area contributed by atoms with Crippen molar-refractivity contribution in [3.63, 3.8) is 0 Å². The first-order valence-electron chi connectivity index (χ1n) is 13.4. The lowest BCUT2D eigenvalue weighted by Gasteiger charge is -2.34. The summed E-state index contributed by atoms with van der Waals surface area (Å²) in [6.45, 7) is 13.7. The van der Waals surface area contributed by atoms with E-state index in [4.69, 9.17) is 11.5 Å². The smallest absolute Gasteiger partial charge is 0.129 e. The van der Waals surface area contributed by atoms with Crippen LogP contribution in [0.4, 0.5) is 11.4 Å². The lowest BCUT2D eigenvalue weighted by molar-refractivity contribution is 0.768. The minimum atomic E-state index is -1.54. The van der Waals surface area contributed by atoms with Crippen molar-refractivity contribution in [2.75, 3.05) is 11.5 Å². The Balaban J connectivity index is 1.88. The molecule has 0 bridgehead atoms. The quantitative estimate of drug-likeness (QED) is 0.137. The molecule has 0 saturated heterocycles. The van der Waals surface area contributed by atoms with Crippen LogP contribution in [0.1, 0.15) is 33.4 Å². The average molecular weight is 541 g/mol. The van der Waals surface area contributed by atoms with Gasteiger partial charge in [0.25, 0.3) is 0 Å². The molecule has 0 aromatic heterocycles. The van der Waals surface area contributed by atoms with Gasteiger partial charge in [0.15, 0.2) is 0 Å². The van der Waals surface area contributed by atoms with Gasteiger partial charge in [-0.05, 0) is 81.9 Å². The van der Waals surface area contributed by atoms with Gasteiger partial charge >= 0.3 is 0 Å². The summed E-state index contributed by atoms with van der Waals surface area (Å²) in [7, 11) is -3.08. The van der Waals surface area contributed by atoms with Gasteiger partial charge in [-0.3, -0.25) is 0 Å². The first-order valence-corrected chi connectivity index (χ1v) is 20.4. The van der Waals surface area contributed by atoms with Crippen LogP contribution in [-0.4, -0.2) is 16.1 Å². The number of benzene rings is 4. The Labute approximate surface area is 235 Å². The summed E-state index contributed by atoms with van der Waals surface area (Å²) in [5.74, 6) is 7.00. The van der Waals surface area contributed by atoms with Crippen LogP contribution in [0, 0.1) is 22.9 Å². The normalized spacial score (nSPS) is 13.4. The Kier molecular flexibility index (Phi) is 6.59. The van der Waals surface area contributed by atoms with Gasteiger partial charge in [-0.1, -0.05) is 87.5 Å². The van der Waals surface area contributed by atoms with Crippen LogP contribution in [-0.2, 0) is 5.41 Å². The third-order valence-corrected chi connectivity index (χ3v) is 8.74. The second-order valence-corrected chi connectivity index (χ2v) is 22.0. The van der Waals surface area contributed by atoms with Gasteiger partial charge in [0.05, 0.1) is 5.41 Å². The number of nitrogens with two attached hydrogens (primary N) is 2. The highest BCUT2D eigenvalue weighted by Crippen LogP contribution is 2.56. The number of rotatable bonds is 2. The summed E-state index contributed by atoms with van der Waals surface area (Å²) in [5.41, 5.74) is 29.7. The van der Waals surface area contributed by atoms with E-state index in [9.17, 15) is 0 Å². The van der Waals surface area contributed by atoms with E-state index in [0.29, 0.717) is 0 Å². The van der Waals surface area contributed by atoms with Gasteiger partial charge in [0.1, 0.15) is 16.1 Å². The zero-order chi connectivity index (χ0) is 28.0. The molecule has 0 atom stereocenters. The van der Waals surface area contributed by atoms with E-state index in [-0.39, 0.29) is 0 Å². The molecule has 0 saturated carbocycles. The van der Waals surface area contributed by atoms with E-state index < -0.39 is 21.6 Å². The molecule has 4 aromatic carbocycles.